The Morgan fingerprint density at radius 1 is 1.50 bits per heavy atom. The lowest BCUT2D eigenvalue weighted by Crippen LogP contribution is -2.44. The van der Waals surface area contributed by atoms with Crippen molar-refractivity contribution in [1.29, 1.82) is 0 Å². The van der Waals surface area contributed by atoms with Crippen LogP contribution in [0.2, 0.25) is 0 Å². The molecule has 1 N–H and O–H groups in total. The van der Waals surface area contributed by atoms with E-state index >= 15 is 0 Å². The molecule has 0 atom stereocenters. The number of carbonyl (C=O) groups excluding carboxylic acids is 1. The van der Waals surface area contributed by atoms with E-state index in [1.807, 2.05) is 16.4 Å². The number of hydrogen-bond acceptors (Lipinski definition) is 5. The molecule has 7 heteroatoms. The SMILES string of the molecule is CCn1cnnc1CNCC(=O)N1CCOCC1. The first-order valence-corrected chi connectivity index (χ1v) is 6.24. The lowest BCUT2D eigenvalue weighted by molar-refractivity contribution is -0.134. The molecule has 2 rings (SSSR count). The Morgan fingerprint density at radius 2 is 2.28 bits per heavy atom. The van der Waals surface area contributed by atoms with Gasteiger partial charge in [-0.05, 0) is 6.92 Å². The van der Waals surface area contributed by atoms with Gasteiger partial charge in [0.15, 0.2) is 0 Å². The zero-order valence-electron chi connectivity index (χ0n) is 10.6. The molecule has 1 amide bonds. The Bertz CT molecular complexity index is 387. The summed E-state index contributed by atoms with van der Waals surface area (Å²) >= 11 is 0. The van der Waals surface area contributed by atoms with Crippen LogP contribution in [0.5, 0.6) is 0 Å². The molecule has 1 aliphatic heterocycles. The maximum absolute atomic E-state index is 11.8. The average molecular weight is 253 g/mol. The van der Waals surface area contributed by atoms with Crippen molar-refractivity contribution in [3.05, 3.63) is 12.2 Å². The molecule has 0 spiro atoms. The molecule has 0 bridgehead atoms. The fraction of sp³-hybridized carbons (Fsp3) is 0.727. The molecule has 1 aliphatic rings. The largest absolute Gasteiger partial charge is 0.378 e. The highest BCUT2D eigenvalue weighted by Crippen LogP contribution is 1.97. The molecule has 0 unspecified atom stereocenters. The summed E-state index contributed by atoms with van der Waals surface area (Å²) in [5, 5.41) is 10.9. The number of amides is 1. The maximum atomic E-state index is 11.8. The van der Waals surface area contributed by atoms with E-state index < -0.39 is 0 Å². The quantitative estimate of drug-likeness (QED) is 0.747. The van der Waals surface area contributed by atoms with Gasteiger partial charge in [0.05, 0.1) is 26.3 Å². The van der Waals surface area contributed by atoms with Gasteiger partial charge < -0.3 is 19.5 Å². The van der Waals surface area contributed by atoms with Crippen LogP contribution in [-0.2, 0) is 22.6 Å². The van der Waals surface area contributed by atoms with Crippen molar-refractivity contribution in [2.75, 3.05) is 32.8 Å². The topological polar surface area (TPSA) is 72.3 Å². The number of rotatable bonds is 5. The summed E-state index contributed by atoms with van der Waals surface area (Å²) in [6.07, 6.45) is 1.70. The number of morpholine rings is 1. The molecule has 7 nitrogen and oxygen atoms in total. The van der Waals surface area contributed by atoms with E-state index in [4.69, 9.17) is 4.74 Å². The fourth-order valence-corrected chi connectivity index (χ4v) is 1.89. The summed E-state index contributed by atoms with van der Waals surface area (Å²) in [7, 11) is 0. The van der Waals surface area contributed by atoms with Gasteiger partial charge in [-0.2, -0.15) is 0 Å². The Labute approximate surface area is 106 Å². The summed E-state index contributed by atoms with van der Waals surface area (Å²) in [6, 6.07) is 0. The van der Waals surface area contributed by atoms with Crippen molar-refractivity contribution in [1.82, 2.24) is 25.0 Å². The molecule has 0 saturated carbocycles. The molecule has 100 valence electrons. The standard InChI is InChI=1S/C11H19N5O2/c1-2-15-9-13-14-10(15)7-12-8-11(17)16-3-5-18-6-4-16/h9,12H,2-8H2,1H3. The summed E-state index contributed by atoms with van der Waals surface area (Å²) in [5.41, 5.74) is 0. The normalized spacial score (nSPS) is 15.9. The van der Waals surface area contributed by atoms with Crippen molar-refractivity contribution in [3.63, 3.8) is 0 Å². The molecule has 2 heterocycles. The second-order valence-electron chi connectivity index (χ2n) is 4.13. The van der Waals surface area contributed by atoms with Crippen LogP contribution in [0.1, 0.15) is 12.7 Å². The highest BCUT2D eigenvalue weighted by Gasteiger charge is 2.16. The second kappa shape index (κ2) is 6.46. The molecule has 18 heavy (non-hydrogen) atoms. The number of carbonyl (C=O) groups is 1. The number of hydrogen-bond donors (Lipinski definition) is 1. The number of aryl methyl sites for hydroxylation is 1. The predicted molar refractivity (Wildman–Crippen MR) is 64.8 cm³/mol. The smallest absolute Gasteiger partial charge is 0.236 e. The Morgan fingerprint density at radius 3 is 3.00 bits per heavy atom. The van der Waals surface area contributed by atoms with Gasteiger partial charge in [0.2, 0.25) is 5.91 Å². The molecule has 1 fully saturated rings. The number of aromatic nitrogens is 3. The van der Waals surface area contributed by atoms with Crippen LogP contribution in [0.25, 0.3) is 0 Å². The van der Waals surface area contributed by atoms with E-state index in [2.05, 4.69) is 15.5 Å². The molecule has 0 radical (unpaired) electrons. The first kappa shape index (κ1) is 13.0. The van der Waals surface area contributed by atoms with Gasteiger partial charge >= 0.3 is 0 Å². The first-order valence-electron chi connectivity index (χ1n) is 6.24. The second-order valence-corrected chi connectivity index (χ2v) is 4.13. The van der Waals surface area contributed by atoms with Gasteiger partial charge in [-0.3, -0.25) is 4.79 Å². The Balaban J connectivity index is 1.73. The van der Waals surface area contributed by atoms with Crippen molar-refractivity contribution in [2.24, 2.45) is 0 Å². The Hall–Kier alpha value is -1.47. The highest BCUT2D eigenvalue weighted by atomic mass is 16.5. The molecular formula is C11H19N5O2. The summed E-state index contributed by atoms with van der Waals surface area (Å²) in [4.78, 5) is 13.7. The van der Waals surface area contributed by atoms with Crippen LogP contribution in [0.4, 0.5) is 0 Å². The van der Waals surface area contributed by atoms with Crippen LogP contribution in [-0.4, -0.2) is 58.4 Å². The molecular weight excluding hydrogens is 234 g/mol. The minimum Gasteiger partial charge on any atom is -0.378 e. The molecule has 0 aliphatic carbocycles. The molecule has 1 aromatic rings. The monoisotopic (exact) mass is 253 g/mol. The third-order valence-electron chi connectivity index (χ3n) is 2.96. The third kappa shape index (κ3) is 3.27. The maximum Gasteiger partial charge on any atom is 0.236 e. The van der Waals surface area contributed by atoms with Gasteiger partial charge in [0.1, 0.15) is 12.2 Å². The number of nitrogens with one attached hydrogen (secondary N) is 1. The fourth-order valence-electron chi connectivity index (χ4n) is 1.89. The summed E-state index contributed by atoms with van der Waals surface area (Å²) < 4.78 is 7.16. The zero-order chi connectivity index (χ0) is 12.8. The molecule has 0 aromatic carbocycles. The van der Waals surface area contributed by atoms with Crippen molar-refractivity contribution < 1.29 is 9.53 Å². The lowest BCUT2D eigenvalue weighted by Gasteiger charge is -2.26. The van der Waals surface area contributed by atoms with Crippen LogP contribution in [0, 0.1) is 0 Å². The summed E-state index contributed by atoms with van der Waals surface area (Å²) in [6.45, 7) is 6.40. The van der Waals surface area contributed by atoms with E-state index in [-0.39, 0.29) is 5.91 Å². The predicted octanol–water partition coefficient (Wildman–Crippen LogP) is -0.754. The van der Waals surface area contributed by atoms with E-state index in [0.29, 0.717) is 39.4 Å². The van der Waals surface area contributed by atoms with Crippen LogP contribution in [0.15, 0.2) is 6.33 Å². The van der Waals surface area contributed by atoms with Crippen LogP contribution >= 0.6 is 0 Å². The van der Waals surface area contributed by atoms with Gasteiger partial charge in [0.25, 0.3) is 0 Å². The van der Waals surface area contributed by atoms with Gasteiger partial charge in [0, 0.05) is 19.6 Å². The summed E-state index contributed by atoms with van der Waals surface area (Å²) in [5.74, 6) is 0.966. The minimum absolute atomic E-state index is 0.112. The van der Waals surface area contributed by atoms with E-state index in [9.17, 15) is 4.79 Å². The number of ether oxygens (including phenoxy) is 1. The Kier molecular flexibility index (Phi) is 4.66. The van der Waals surface area contributed by atoms with Crippen molar-refractivity contribution in [3.8, 4) is 0 Å². The highest BCUT2D eigenvalue weighted by molar-refractivity contribution is 5.78. The van der Waals surface area contributed by atoms with E-state index in [0.717, 1.165) is 12.4 Å². The van der Waals surface area contributed by atoms with Gasteiger partial charge in [-0.1, -0.05) is 0 Å². The first-order chi connectivity index (χ1) is 8.81. The third-order valence-corrected chi connectivity index (χ3v) is 2.96. The molecule has 1 aromatic heterocycles. The van der Waals surface area contributed by atoms with E-state index in [1.54, 1.807) is 6.33 Å². The average Bonchev–Trinajstić information content (AvgIpc) is 2.87. The number of nitrogens with zero attached hydrogens (tertiary/aromatic N) is 4. The van der Waals surface area contributed by atoms with Crippen LogP contribution < -0.4 is 5.32 Å². The van der Waals surface area contributed by atoms with Crippen molar-refractivity contribution >= 4 is 5.91 Å². The lowest BCUT2D eigenvalue weighted by atomic mass is 10.4. The van der Waals surface area contributed by atoms with Crippen LogP contribution in [0.3, 0.4) is 0 Å². The zero-order valence-corrected chi connectivity index (χ0v) is 10.6. The minimum atomic E-state index is 0.112. The molecule has 1 saturated heterocycles. The van der Waals surface area contributed by atoms with Gasteiger partial charge in [-0.25, -0.2) is 0 Å². The van der Waals surface area contributed by atoms with E-state index in [1.165, 1.54) is 0 Å². The van der Waals surface area contributed by atoms with Crippen molar-refractivity contribution in [2.45, 2.75) is 20.0 Å². The van der Waals surface area contributed by atoms with Gasteiger partial charge in [-0.15, -0.1) is 10.2 Å².